The van der Waals surface area contributed by atoms with Gasteiger partial charge in [-0.05, 0) is 17.7 Å². The van der Waals surface area contributed by atoms with Gasteiger partial charge in [0.15, 0.2) is 0 Å². The van der Waals surface area contributed by atoms with Crippen molar-refractivity contribution in [2.45, 2.75) is 6.54 Å². The highest BCUT2D eigenvalue weighted by atomic mass is 35.5. The maximum atomic E-state index is 5.78. The van der Waals surface area contributed by atoms with Gasteiger partial charge in [0.25, 0.3) is 0 Å². The number of hydrogen-bond acceptors (Lipinski definition) is 2. The van der Waals surface area contributed by atoms with Crippen LogP contribution in [0.3, 0.4) is 0 Å². The van der Waals surface area contributed by atoms with Crippen LogP contribution in [0.1, 0.15) is 5.56 Å². The van der Waals surface area contributed by atoms with E-state index in [9.17, 15) is 0 Å². The Hall–Kier alpha value is -1.09. The fraction of sp³-hybridized carbons (Fsp3) is 0.250. The number of hydrogen-bond donors (Lipinski definition) is 1. The second-order valence-corrected chi connectivity index (χ2v) is 2.70. The zero-order valence-corrected chi connectivity index (χ0v) is 7.54. The van der Waals surface area contributed by atoms with E-state index in [1.165, 1.54) is 0 Å². The zero-order chi connectivity index (χ0) is 8.81. The van der Waals surface area contributed by atoms with Crippen LogP contribution in [0.5, 0.6) is 0 Å². The first kappa shape index (κ1) is 9.00. The van der Waals surface area contributed by atoms with E-state index in [2.05, 4.69) is 15.8 Å². The summed E-state index contributed by atoms with van der Waals surface area (Å²) in [6, 6.07) is 7.61. The molecular formula is C8H10ClN3. The minimum absolute atomic E-state index is 0.651. The van der Waals surface area contributed by atoms with Crippen LogP contribution in [-0.2, 0) is 6.54 Å². The van der Waals surface area contributed by atoms with Gasteiger partial charge in [0.05, 0.1) is 13.6 Å². The van der Waals surface area contributed by atoms with Crippen molar-refractivity contribution in [2.75, 3.05) is 7.05 Å². The third-order valence-corrected chi connectivity index (χ3v) is 1.58. The number of halogens is 1. The molecule has 0 aliphatic carbocycles. The van der Waals surface area contributed by atoms with Gasteiger partial charge in [0.1, 0.15) is 0 Å². The molecule has 12 heavy (non-hydrogen) atoms. The van der Waals surface area contributed by atoms with Crippen LogP contribution in [0.15, 0.2) is 34.6 Å². The second kappa shape index (κ2) is 4.72. The van der Waals surface area contributed by atoms with Crippen molar-refractivity contribution in [3.63, 3.8) is 0 Å². The molecule has 64 valence electrons. The predicted octanol–water partition coefficient (Wildman–Crippen LogP) is 2.43. The molecule has 1 N–H and O–H groups in total. The normalized spacial score (nSPS) is 10.5. The first-order valence-electron chi connectivity index (χ1n) is 3.59. The van der Waals surface area contributed by atoms with E-state index in [-0.39, 0.29) is 0 Å². The van der Waals surface area contributed by atoms with Gasteiger partial charge in [-0.1, -0.05) is 29.0 Å². The molecule has 1 rings (SSSR count). The molecule has 0 saturated heterocycles. The summed E-state index contributed by atoms with van der Waals surface area (Å²) >= 11 is 5.78. The summed E-state index contributed by atoms with van der Waals surface area (Å²) in [5.74, 6) is 0. The Morgan fingerprint density at radius 1 is 1.50 bits per heavy atom. The number of nitrogens with zero attached hydrogens (tertiary/aromatic N) is 2. The summed E-state index contributed by atoms with van der Waals surface area (Å²) in [6.07, 6.45) is 0. The predicted molar refractivity (Wildman–Crippen MR) is 49.1 cm³/mol. The Bertz CT molecular complexity index is 273. The molecule has 0 bridgehead atoms. The smallest absolute Gasteiger partial charge is 0.0597 e. The number of rotatable bonds is 3. The highest BCUT2D eigenvalue weighted by Crippen LogP contribution is 2.09. The van der Waals surface area contributed by atoms with Crippen molar-refractivity contribution >= 4 is 11.6 Å². The molecular weight excluding hydrogens is 174 g/mol. The summed E-state index contributed by atoms with van der Waals surface area (Å²) in [5.41, 5.74) is 3.87. The fourth-order valence-corrected chi connectivity index (χ4v) is 1.06. The Labute approximate surface area is 76.4 Å². The molecule has 4 heteroatoms. The van der Waals surface area contributed by atoms with Crippen LogP contribution in [0.2, 0.25) is 5.02 Å². The highest BCUT2D eigenvalue weighted by Gasteiger charge is 1.91. The van der Waals surface area contributed by atoms with Gasteiger partial charge in [-0.25, -0.2) is 0 Å². The quantitative estimate of drug-likeness (QED) is 0.567. The molecule has 0 aliphatic rings. The lowest BCUT2D eigenvalue weighted by Gasteiger charge is -1.99. The van der Waals surface area contributed by atoms with E-state index >= 15 is 0 Å². The third kappa shape index (κ3) is 2.88. The van der Waals surface area contributed by atoms with Crippen LogP contribution < -0.4 is 5.43 Å². The molecule has 0 atom stereocenters. The largest absolute Gasteiger partial charge is 0.287 e. The first-order valence-corrected chi connectivity index (χ1v) is 3.97. The maximum Gasteiger partial charge on any atom is 0.0597 e. The van der Waals surface area contributed by atoms with Crippen molar-refractivity contribution in [1.29, 1.82) is 0 Å². The molecule has 0 aromatic heterocycles. The van der Waals surface area contributed by atoms with Crippen molar-refractivity contribution in [1.82, 2.24) is 5.43 Å². The van der Waals surface area contributed by atoms with E-state index in [0.717, 1.165) is 10.6 Å². The number of nitrogens with one attached hydrogen (secondary N) is 1. The van der Waals surface area contributed by atoms with Crippen molar-refractivity contribution < 1.29 is 0 Å². The van der Waals surface area contributed by atoms with Gasteiger partial charge in [-0.2, -0.15) is 5.11 Å². The molecule has 0 unspecified atom stereocenters. The van der Waals surface area contributed by atoms with Crippen LogP contribution in [-0.4, -0.2) is 7.05 Å². The molecule has 0 fully saturated rings. The summed E-state index contributed by atoms with van der Waals surface area (Å²) in [7, 11) is 1.62. The van der Waals surface area contributed by atoms with Crippen LogP contribution in [0, 0.1) is 0 Å². The van der Waals surface area contributed by atoms with E-state index < -0.39 is 0 Å². The Morgan fingerprint density at radius 3 is 3.00 bits per heavy atom. The van der Waals surface area contributed by atoms with Crippen molar-refractivity contribution in [3.8, 4) is 0 Å². The topological polar surface area (TPSA) is 36.8 Å². The monoisotopic (exact) mass is 183 g/mol. The fourth-order valence-electron chi connectivity index (χ4n) is 0.844. The minimum Gasteiger partial charge on any atom is -0.287 e. The number of benzene rings is 1. The first-order chi connectivity index (χ1) is 5.83. The van der Waals surface area contributed by atoms with E-state index in [1.807, 2.05) is 24.3 Å². The SMILES string of the molecule is CN=NNCc1cccc(Cl)c1. The van der Waals surface area contributed by atoms with Crippen LogP contribution in [0.25, 0.3) is 0 Å². The Kier molecular flexibility index (Phi) is 3.54. The average Bonchev–Trinajstić information content (AvgIpc) is 2.05. The van der Waals surface area contributed by atoms with Crippen molar-refractivity contribution in [3.05, 3.63) is 34.9 Å². The molecule has 1 aromatic rings. The van der Waals surface area contributed by atoms with Crippen LogP contribution >= 0.6 is 11.6 Å². The molecule has 0 saturated carbocycles. The molecule has 1 aromatic carbocycles. The molecule has 0 amide bonds. The Balaban J connectivity index is 2.52. The lowest BCUT2D eigenvalue weighted by atomic mass is 10.2. The summed E-state index contributed by atoms with van der Waals surface area (Å²) < 4.78 is 0. The van der Waals surface area contributed by atoms with Gasteiger partial charge in [-0.15, -0.1) is 0 Å². The van der Waals surface area contributed by atoms with Gasteiger partial charge < -0.3 is 0 Å². The van der Waals surface area contributed by atoms with E-state index in [4.69, 9.17) is 11.6 Å². The third-order valence-electron chi connectivity index (χ3n) is 1.34. The van der Waals surface area contributed by atoms with Gasteiger partial charge in [0.2, 0.25) is 0 Å². The lowest BCUT2D eigenvalue weighted by molar-refractivity contribution is 0.690. The van der Waals surface area contributed by atoms with Crippen LogP contribution in [0.4, 0.5) is 0 Å². The summed E-state index contributed by atoms with van der Waals surface area (Å²) in [4.78, 5) is 0. The van der Waals surface area contributed by atoms with Crippen molar-refractivity contribution in [2.24, 2.45) is 10.3 Å². The lowest BCUT2D eigenvalue weighted by Crippen LogP contribution is -2.03. The molecule has 0 heterocycles. The second-order valence-electron chi connectivity index (χ2n) is 2.26. The summed E-state index contributed by atoms with van der Waals surface area (Å²) in [5, 5.41) is 7.92. The minimum atomic E-state index is 0.651. The van der Waals surface area contributed by atoms with E-state index in [1.54, 1.807) is 7.05 Å². The molecule has 0 aliphatic heterocycles. The van der Waals surface area contributed by atoms with Gasteiger partial charge >= 0.3 is 0 Å². The standard InChI is InChI=1S/C8H10ClN3/c1-10-12-11-6-7-3-2-4-8(9)5-7/h2-5H,6H2,1H3,(H,10,11). The van der Waals surface area contributed by atoms with E-state index in [0.29, 0.717) is 6.54 Å². The molecule has 3 nitrogen and oxygen atoms in total. The zero-order valence-electron chi connectivity index (χ0n) is 6.79. The highest BCUT2D eigenvalue weighted by molar-refractivity contribution is 6.30. The molecule has 0 spiro atoms. The summed E-state index contributed by atoms with van der Waals surface area (Å²) in [6.45, 7) is 0.651. The molecule has 0 radical (unpaired) electrons. The van der Waals surface area contributed by atoms with Gasteiger partial charge in [-0.3, -0.25) is 5.43 Å². The average molecular weight is 184 g/mol. The van der Waals surface area contributed by atoms with Gasteiger partial charge in [0, 0.05) is 5.02 Å². The Morgan fingerprint density at radius 2 is 2.33 bits per heavy atom. The maximum absolute atomic E-state index is 5.78.